The molecule has 1 heterocycles. The van der Waals surface area contributed by atoms with Crippen LogP contribution >= 0.6 is 43.5 Å². The van der Waals surface area contributed by atoms with Gasteiger partial charge in [-0.05, 0) is 75.0 Å². The molecule has 21 heavy (non-hydrogen) atoms. The lowest BCUT2D eigenvalue weighted by molar-refractivity contribution is 0.336. The molecule has 1 N–H and O–H groups in total. The smallest absolute Gasteiger partial charge is 0.147 e. The average Bonchev–Trinajstić information content (AvgIpc) is 2.44. The molecule has 2 aromatic rings. The van der Waals surface area contributed by atoms with Crippen LogP contribution in [0, 0.1) is 6.92 Å². The quantitative estimate of drug-likeness (QED) is 0.624. The Hall–Kier alpha value is -0.780. The van der Waals surface area contributed by atoms with E-state index in [0.29, 0.717) is 18.3 Å². The topological polar surface area (TPSA) is 34.1 Å². The van der Waals surface area contributed by atoms with Gasteiger partial charge in [-0.2, -0.15) is 0 Å². The zero-order valence-electron chi connectivity index (χ0n) is 11.7. The Morgan fingerprint density at radius 3 is 2.48 bits per heavy atom. The molecule has 0 radical (unpaired) electrons. The highest BCUT2D eigenvalue weighted by Gasteiger charge is 2.08. The lowest BCUT2D eigenvalue weighted by atomic mass is 10.2. The fourth-order valence-corrected chi connectivity index (χ4v) is 3.47. The summed E-state index contributed by atoms with van der Waals surface area (Å²) in [5, 5.41) is 3.87. The van der Waals surface area contributed by atoms with Gasteiger partial charge >= 0.3 is 0 Å². The van der Waals surface area contributed by atoms with Crippen LogP contribution in [0.1, 0.15) is 18.1 Å². The van der Waals surface area contributed by atoms with E-state index in [4.69, 9.17) is 16.3 Å². The Balaban J connectivity index is 2.11. The Morgan fingerprint density at radius 1 is 1.24 bits per heavy atom. The summed E-state index contributed by atoms with van der Waals surface area (Å²) >= 11 is 13.0. The van der Waals surface area contributed by atoms with Crippen LogP contribution < -0.4 is 10.1 Å². The molecule has 0 amide bonds. The molecule has 1 aromatic carbocycles. The molecule has 0 unspecified atom stereocenters. The van der Waals surface area contributed by atoms with E-state index in [1.54, 1.807) is 6.20 Å². The van der Waals surface area contributed by atoms with E-state index in [-0.39, 0.29) is 0 Å². The van der Waals surface area contributed by atoms with Gasteiger partial charge < -0.3 is 10.1 Å². The molecule has 0 aliphatic carbocycles. The summed E-state index contributed by atoms with van der Waals surface area (Å²) in [5.74, 6) is 0.824. The minimum atomic E-state index is 0.534. The summed E-state index contributed by atoms with van der Waals surface area (Å²) in [6, 6.07) is 6.06. The summed E-state index contributed by atoms with van der Waals surface area (Å²) in [7, 11) is 0. The summed E-state index contributed by atoms with van der Waals surface area (Å²) in [6.45, 7) is 5.21. The number of hydrogen-bond acceptors (Lipinski definition) is 3. The first-order chi connectivity index (χ1) is 10.0. The van der Waals surface area contributed by atoms with Crippen LogP contribution in [0.2, 0.25) is 5.15 Å². The van der Waals surface area contributed by atoms with Crippen LogP contribution in [0.5, 0.6) is 5.75 Å². The highest BCUT2D eigenvalue weighted by Crippen LogP contribution is 2.35. The zero-order chi connectivity index (χ0) is 15.4. The van der Waals surface area contributed by atoms with Crippen LogP contribution in [0.3, 0.4) is 0 Å². The molecular formula is C15H15Br2ClN2O. The fraction of sp³-hybridized carbons (Fsp3) is 0.267. The molecule has 112 valence electrons. The predicted octanol–water partition coefficient (Wildman–Crippen LogP) is 5.58. The maximum absolute atomic E-state index is 5.92. The van der Waals surface area contributed by atoms with Crippen molar-refractivity contribution in [2.45, 2.75) is 20.4 Å². The van der Waals surface area contributed by atoms with Crippen molar-refractivity contribution < 1.29 is 4.74 Å². The van der Waals surface area contributed by atoms with Crippen LogP contribution in [0.15, 0.2) is 33.3 Å². The number of nitrogens with zero attached hydrogens (tertiary/aromatic N) is 1. The van der Waals surface area contributed by atoms with Crippen molar-refractivity contribution in [1.29, 1.82) is 0 Å². The summed E-state index contributed by atoms with van der Waals surface area (Å²) < 4.78 is 7.44. The minimum Gasteiger partial charge on any atom is -0.492 e. The van der Waals surface area contributed by atoms with Crippen LogP contribution in [0.25, 0.3) is 0 Å². The van der Waals surface area contributed by atoms with Gasteiger partial charge in [0.2, 0.25) is 0 Å². The molecule has 6 heteroatoms. The van der Waals surface area contributed by atoms with Gasteiger partial charge in [0.25, 0.3) is 0 Å². The molecule has 0 saturated carbocycles. The van der Waals surface area contributed by atoms with E-state index in [1.165, 1.54) is 0 Å². The first-order valence-corrected chi connectivity index (χ1v) is 8.44. The van der Waals surface area contributed by atoms with Gasteiger partial charge in [0.1, 0.15) is 10.9 Å². The molecule has 3 nitrogen and oxygen atoms in total. The molecule has 0 bridgehead atoms. The zero-order valence-corrected chi connectivity index (χ0v) is 15.6. The van der Waals surface area contributed by atoms with Crippen molar-refractivity contribution >= 4 is 49.1 Å². The van der Waals surface area contributed by atoms with Crippen LogP contribution in [-0.4, -0.2) is 11.6 Å². The van der Waals surface area contributed by atoms with Gasteiger partial charge in [-0.25, -0.2) is 4.98 Å². The van der Waals surface area contributed by atoms with Gasteiger partial charge in [-0.3, -0.25) is 0 Å². The van der Waals surface area contributed by atoms with Gasteiger partial charge in [-0.1, -0.05) is 11.6 Å². The summed E-state index contributed by atoms with van der Waals surface area (Å²) in [4.78, 5) is 4.13. The number of halogens is 3. The fourth-order valence-electron chi connectivity index (χ4n) is 1.86. The molecule has 1 aromatic heterocycles. The Labute approximate surface area is 146 Å². The van der Waals surface area contributed by atoms with E-state index in [9.17, 15) is 0 Å². The lowest BCUT2D eigenvalue weighted by Crippen LogP contribution is -2.02. The summed E-state index contributed by atoms with van der Waals surface area (Å²) in [6.07, 6.45) is 1.73. The number of hydrogen-bond donors (Lipinski definition) is 1. The molecule has 0 fully saturated rings. The monoisotopic (exact) mass is 432 g/mol. The normalized spacial score (nSPS) is 10.5. The van der Waals surface area contributed by atoms with Crippen molar-refractivity contribution in [3.05, 3.63) is 49.6 Å². The van der Waals surface area contributed by atoms with E-state index in [1.807, 2.05) is 32.0 Å². The molecular weight excluding hydrogens is 419 g/mol. The Morgan fingerprint density at radius 2 is 1.90 bits per heavy atom. The number of nitrogens with one attached hydrogen (secondary N) is 1. The molecule has 0 aliphatic rings. The maximum atomic E-state index is 5.92. The average molecular weight is 435 g/mol. The third kappa shape index (κ3) is 4.34. The van der Waals surface area contributed by atoms with Gasteiger partial charge in [0.05, 0.1) is 27.4 Å². The number of aromatic nitrogens is 1. The number of ether oxygens (including phenoxy) is 1. The second-order valence-electron chi connectivity index (χ2n) is 4.51. The van der Waals surface area contributed by atoms with E-state index in [0.717, 1.165) is 31.5 Å². The van der Waals surface area contributed by atoms with E-state index >= 15 is 0 Å². The third-order valence-electron chi connectivity index (χ3n) is 2.86. The van der Waals surface area contributed by atoms with Crippen LogP contribution in [-0.2, 0) is 6.54 Å². The van der Waals surface area contributed by atoms with Crippen molar-refractivity contribution in [3.63, 3.8) is 0 Å². The molecule has 0 saturated heterocycles. The maximum Gasteiger partial charge on any atom is 0.147 e. The number of rotatable bonds is 5. The van der Waals surface area contributed by atoms with Gasteiger partial charge in [-0.15, -0.1) is 0 Å². The van der Waals surface area contributed by atoms with Crippen molar-refractivity contribution in [2.24, 2.45) is 0 Å². The van der Waals surface area contributed by atoms with Crippen molar-refractivity contribution in [1.82, 2.24) is 4.98 Å². The molecule has 0 atom stereocenters. The third-order valence-corrected chi connectivity index (χ3v) is 4.43. The highest BCUT2D eigenvalue weighted by molar-refractivity contribution is 9.11. The summed E-state index contributed by atoms with van der Waals surface area (Å²) in [5.41, 5.74) is 3.03. The molecule has 0 spiro atoms. The number of aryl methyl sites for hydroxylation is 1. The van der Waals surface area contributed by atoms with Gasteiger partial charge in [0.15, 0.2) is 0 Å². The first kappa shape index (κ1) is 16.6. The van der Waals surface area contributed by atoms with Crippen molar-refractivity contribution in [2.75, 3.05) is 11.9 Å². The van der Waals surface area contributed by atoms with Gasteiger partial charge in [0, 0.05) is 6.54 Å². The SMILES string of the molecule is CCOc1c(Br)cc(CNc2cnc(Cl)c(C)c2)cc1Br. The Kier molecular flexibility index (Phi) is 5.90. The number of benzene rings is 1. The largest absolute Gasteiger partial charge is 0.492 e. The number of anilines is 1. The minimum absolute atomic E-state index is 0.534. The second kappa shape index (κ2) is 7.47. The van der Waals surface area contributed by atoms with E-state index < -0.39 is 0 Å². The Bertz CT molecular complexity index is 627. The highest BCUT2D eigenvalue weighted by atomic mass is 79.9. The standard InChI is InChI=1S/C15H15Br2ClN2O/c1-3-21-14-12(16)5-10(6-13(14)17)7-19-11-4-9(2)15(18)20-8-11/h4-6,8,19H,3,7H2,1-2H3. The van der Waals surface area contributed by atoms with E-state index in [2.05, 4.69) is 42.2 Å². The van der Waals surface area contributed by atoms with Crippen LogP contribution in [0.4, 0.5) is 5.69 Å². The molecule has 2 rings (SSSR count). The molecule has 0 aliphatic heterocycles. The number of pyridine rings is 1. The second-order valence-corrected chi connectivity index (χ2v) is 6.57. The lowest BCUT2D eigenvalue weighted by Gasteiger charge is -2.12. The first-order valence-electron chi connectivity index (χ1n) is 6.48. The van der Waals surface area contributed by atoms with Crippen molar-refractivity contribution in [3.8, 4) is 5.75 Å². The predicted molar refractivity (Wildman–Crippen MR) is 94.3 cm³/mol.